The summed E-state index contributed by atoms with van der Waals surface area (Å²) in [5.41, 5.74) is 0.678. The van der Waals surface area contributed by atoms with E-state index in [2.05, 4.69) is 15.2 Å². The largest absolute Gasteiger partial charge is 0.289 e. The summed E-state index contributed by atoms with van der Waals surface area (Å²) in [5.74, 6) is -0.0207. The minimum Gasteiger partial charge on any atom is -0.289 e. The molecule has 1 N–H and O–H groups in total. The molecule has 0 spiro atoms. The zero-order valence-corrected chi connectivity index (χ0v) is 9.15. The van der Waals surface area contributed by atoms with Crippen LogP contribution in [-0.4, -0.2) is 21.0 Å². The molecular weight excluding hydrogens is 222 g/mol. The van der Waals surface area contributed by atoms with Gasteiger partial charge in [-0.05, 0) is 11.5 Å². The molecule has 0 fully saturated rings. The fraction of sp³-hybridized carbons (Fsp3) is 0. The van der Waals surface area contributed by atoms with Crippen molar-refractivity contribution in [2.45, 2.75) is 5.16 Å². The van der Waals surface area contributed by atoms with Gasteiger partial charge in [0.15, 0.2) is 10.9 Å². The third kappa shape index (κ3) is 2.80. The van der Waals surface area contributed by atoms with Crippen LogP contribution < -0.4 is 0 Å². The number of nitrogens with zero attached hydrogens (tertiary/aromatic N) is 2. The highest BCUT2D eigenvalue weighted by Gasteiger charge is 1.99. The summed E-state index contributed by atoms with van der Waals surface area (Å²) in [5, 5.41) is 8.75. The van der Waals surface area contributed by atoms with Crippen LogP contribution in [0.3, 0.4) is 0 Å². The van der Waals surface area contributed by atoms with Crippen LogP contribution in [0.5, 0.6) is 0 Å². The number of ketones is 1. The molecule has 0 saturated carbocycles. The topological polar surface area (TPSA) is 58.6 Å². The predicted octanol–water partition coefficient (Wildman–Crippen LogP) is 2.29. The molecule has 2 aromatic rings. The van der Waals surface area contributed by atoms with Gasteiger partial charge in [0.25, 0.3) is 0 Å². The van der Waals surface area contributed by atoms with Gasteiger partial charge in [-0.2, -0.15) is 5.10 Å². The number of benzene rings is 1. The van der Waals surface area contributed by atoms with E-state index in [1.165, 1.54) is 24.2 Å². The number of aromatic nitrogens is 3. The quantitative estimate of drug-likeness (QED) is 0.498. The summed E-state index contributed by atoms with van der Waals surface area (Å²) in [6.07, 6.45) is 2.94. The van der Waals surface area contributed by atoms with Crippen molar-refractivity contribution in [1.82, 2.24) is 15.2 Å². The van der Waals surface area contributed by atoms with E-state index in [4.69, 9.17) is 0 Å². The number of thioether (sulfide) groups is 1. The van der Waals surface area contributed by atoms with Crippen LogP contribution in [0.15, 0.2) is 53.3 Å². The molecular formula is C11H9N3OS. The van der Waals surface area contributed by atoms with Crippen molar-refractivity contribution in [2.75, 3.05) is 0 Å². The Labute approximate surface area is 96.8 Å². The fourth-order valence-electron chi connectivity index (χ4n) is 1.11. The second kappa shape index (κ2) is 5.27. The van der Waals surface area contributed by atoms with Crippen molar-refractivity contribution in [1.29, 1.82) is 0 Å². The Kier molecular flexibility index (Phi) is 3.50. The lowest BCUT2D eigenvalue weighted by atomic mass is 10.1. The maximum absolute atomic E-state index is 11.6. The molecule has 80 valence electrons. The third-order valence-electron chi connectivity index (χ3n) is 1.85. The first-order valence-electron chi connectivity index (χ1n) is 4.64. The van der Waals surface area contributed by atoms with E-state index in [-0.39, 0.29) is 5.78 Å². The molecule has 2 rings (SSSR count). The van der Waals surface area contributed by atoms with Gasteiger partial charge in [0.05, 0.1) is 0 Å². The monoisotopic (exact) mass is 231 g/mol. The van der Waals surface area contributed by atoms with Gasteiger partial charge in [0.2, 0.25) is 0 Å². The SMILES string of the molecule is O=C(/C=C/Sc1ncn[nH]1)c1ccccc1. The number of carbonyl (C=O) groups excluding carboxylic acids is 1. The maximum atomic E-state index is 11.6. The van der Waals surface area contributed by atoms with Gasteiger partial charge in [-0.1, -0.05) is 42.1 Å². The molecule has 0 unspecified atom stereocenters. The molecule has 0 radical (unpaired) electrons. The number of hydrogen-bond acceptors (Lipinski definition) is 4. The van der Waals surface area contributed by atoms with Crippen molar-refractivity contribution >= 4 is 17.5 Å². The number of H-pyrrole nitrogens is 1. The molecule has 1 heterocycles. The average Bonchev–Trinajstić information content (AvgIpc) is 2.83. The van der Waals surface area contributed by atoms with Gasteiger partial charge in [-0.25, -0.2) is 4.98 Å². The fourth-order valence-corrected chi connectivity index (χ4v) is 1.64. The molecule has 0 aliphatic rings. The van der Waals surface area contributed by atoms with Crippen LogP contribution in [0, 0.1) is 0 Å². The summed E-state index contributed by atoms with van der Waals surface area (Å²) in [4.78, 5) is 15.5. The Morgan fingerprint density at radius 3 is 2.81 bits per heavy atom. The minimum atomic E-state index is -0.0207. The van der Waals surface area contributed by atoms with Crippen LogP contribution in [0.4, 0.5) is 0 Å². The van der Waals surface area contributed by atoms with Crippen LogP contribution in [0.2, 0.25) is 0 Å². The van der Waals surface area contributed by atoms with Crippen molar-refractivity contribution < 1.29 is 4.79 Å². The van der Waals surface area contributed by atoms with Crippen LogP contribution in [0.25, 0.3) is 0 Å². The Hall–Kier alpha value is -1.88. The van der Waals surface area contributed by atoms with Gasteiger partial charge >= 0.3 is 0 Å². The lowest BCUT2D eigenvalue weighted by Gasteiger charge is -1.93. The molecule has 0 bridgehead atoms. The lowest BCUT2D eigenvalue weighted by Crippen LogP contribution is -1.92. The molecule has 0 aliphatic carbocycles. The molecule has 1 aromatic carbocycles. The number of rotatable bonds is 4. The molecule has 0 amide bonds. The van der Waals surface area contributed by atoms with E-state index in [0.717, 1.165) is 0 Å². The Bertz CT molecular complexity index is 479. The van der Waals surface area contributed by atoms with E-state index in [1.807, 2.05) is 18.2 Å². The zero-order valence-electron chi connectivity index (χ0n) is 8.33. The first kappa shape index (κ1) is 10.6. The van der Waals surface area contributed by atoms with E-state index < -0.39 is 0 Å². The number of nitrogens with one attached hydrogen (secondary N) is 1. The van der Waals surface area contributed by atoms with E-state index in [1.54, 1.807) is 17.5 Å². The summed E-state index contributed by atoms with van der Waals surface area (Å²) < 4.78 is 0. The van der Waals surface area contributed by atoms with E-state index in [0.29, 0.717) is 10.7 Å². The Morgan fingerprint density at radius 1 is 1.31 bits per heavy atom. The predicted molar refractivity (Wildman–Crippen MR) is 62.2 cm³/mol. The van der Waals surface area contributed by atoms with Crippen molar-refractivity contribution in [2.24, 2.45) is 0 Å². The molecule has 0 atom stereocenters. The van der Waals surface area contributed by atoms with E-state index in [9.17, 15) is 4.79 Å². The van der Waals surface area contributed by atoms with Crippen molar-refractivity contribution in [3.63, 3.8) is 0 Å². The number of carbonyl (C=O) groups is 1. The summed E-state index contributed by atoms with van der Waals surface area (Å²) in [7, 11) is 0. The first-order valence-corrected chi connectivity index (χ1v) is 5.52. The highest BCUT2D eigenvalue weighted by atomic mass is 32.2. The van der Waals surface area contributed by atoms with Gasteiger partial charge in [-0.3, -0.25) is 9.89 Å². The van der Waals surface area contributed by atoms with Crippen LogP contribution in [0.1, 0.15) is 10.4 Å². The summed E-state index contributed by atoms with van der Waals surface area (Å²) in [6.45, 7) is 0. The highest BCUT2D eigenvalue weighted by molar-refractivity contribution is 8.02. The highest BCUT2D eigenvalue weighted by Crippen LogP contribution is 2.12. The Morgan fingerprint density at radius 2 is 2.12 bits per heavy atom. The molecule has 1 aromatic heterocycles. The van der Waals surface area contributed by atoms with Gasteiger partial charge in [-0.15, -0.1) is 0 Å². The molecule has 4 nitrogen and oxygen atoms in total. The van der Waals surface area contributed by atoms with Crippen molar-refractivity contribution in [3.8, 4) is 0 Å². The molecule has 0 saturated heterocycles. The first-order chi connectivity index (χ1) is 7.86. The van der Waals surface area contributed by atoms with Gasteiger partial charge < -0.3 is 0 Å². The summed E-state index contributed by atoms with van der Waals surface area (Å²) in [6, 6.07) is 9.12. The molecule has 0 aliphatic heterocycles. The number of hydrogen-bond donors (Lipinski definition) is 1. The van der Waals surface area contributed by atoms with Crippen LogP contribution >= 0.6 is 11.8 Å². The minimum absolute atomic E-state index is 0.0207. The normalized spacial score (nSPS) is 10.8. The maximum Gasteiger partial charge on any atom is 0.187 e. The van der Waals surface area contributed by atoms with Crippen molar-refractivity contribution in [3.05, 3.63) is 53.7 Å². The standard InChI is InChI=1S/C11H9N3OS/c15-10(9-4-2-1-3-5-9)6-7-16-11-12-8-13-14-11/h1-8H,(H,12,13,14)/b7-6+. The Balaban J connectivity index is 1.95. The second-order valence-corrected chi connectivity index (χ2v) is 3.84. The lowest BCUT2D eigenvalue weighted by molar-refractivity contribution is 0.104. The van der Waals surface area contributed by atoms with E-state index >= 15 is 0 Å². The van der Waals surface area contributed by atoms with Gasteiger partial charge in [0.1, 0.15) is 6.33 Å². The molecule has 5 heteroatoms. The average molecular weight is 231 g/mol. The third-order valence-corrected chi connectivity index (χ3v) is 2.54. The van der Waals surface area contributed by atoms with Crippen LogP contribution in [-0.2, 0) is 0 Å². The number of allylic oxidation sites excluding steroid dienone is 1. The second-order valence-electron chi connectivity index (χ2n) is 2.94. The summed E-state index contributed by atoms with van der Waals surface area (Å²) >= 11 is 1.32. The van der Waals surface area contributed by atoms with Gasteiger partial charge in [0, 0.05) is 5.56 Å². The smallest absolute Gasteiger partial charge is 0.187 e. The number of aromatic amines is 1. The molecule has 16 heavy (non-hydrogen) atoms. The zero-order chi connectivity index (χ0) is 11.2.